The Morgan fingerprint density at radius 1 is 1.31 bits per heavy atom. The van der Waals surface area contributed by atoms with Crippen LogP contribution in [0, 0.1) is 10.1 Å². The van der Waals surface area contributed by atoms with E-state index >= 15 is 0 Å². The van der Waals surface area contributed by atoms with E-state index in [2.05, 4.69) is 0 Å². The summed E-state index contributed by atoms with van der Waals surface area (Å²) >= 11 is 0. The van der Waals surface area contributed by atoms with Gasteiger partial charge in [-0.1, -0.05) is 30.3 Å². The van der Waals surface area contributed by atoms with Gasteiger partial charge in [-0.2, -0.15) is 0 Å². The molecule has 1 aliphatic carbocycles. The Morgan fingerprint density at radius 2 is 2.00 bits per heavy atom. The summed E-state index contributed by atoms with van der Waals surface area (Å²) in [7, 11) is 0. The number of hydrogen-bond donors (Lipinski definition) is 1. The lowest BCUT2D eigenvalue weighted by Crippen LogP contribution is -2.34. The molecule has 0 spiro atoms. The lowest BCUT2D eigenvalue weighted by molar-refractivity contribution is -0.563. The summed E-state index contributed by atoms with van der Waals surface area (Å²) in [6, 6.07) is 8.81. The van der Waals surface area contributed by atoms with Crippen LogP contribution in [-0.2, 0) is 5.54 Å². The van der Waals surface area contributed by atoms with E-state index < -0.39 is 5.54 Å². The molecule has 0 amide bonds. The van der Waals surface area contributed by atoms with E-state index in [0.29, 0.717) is 5.56 Å². The average Bonchev–Trinajstić information content (AvgIpc) is 2.31. The lowest BCUT2D eigenvalue weighted by Gasteiger charge is -2.23. The molecule has 82 valence electrons. The molecule has 4 heteroatoms. The van der Waals surface area contributed by atoms with Gasteiger partial charge in [-0.25, -0.2) is 0 Å². The van der Waals surface area contributed by atoms with E-state index in [0.717, 1.165) is 0 Å². The molecule has 0 fully saturated rings. The fourth-order valence-corrected chi connectivity index (χ4v) is 1.80. The largest absolute Gasteiger partial charge is 0.508 e. The van der Waals surface area contributed by atoms with Crippen LogP contribution in [0.2, 0.25) is 0 Å². The third-order valence-corrected chi connectivity index (χ3v) is 2.75. The minimum absolute atomic E-state index is 0.0772. The zero-order valence-electron chi connectivity index (χ0n) is 8.54. The monoisotopic (exact) mass is 217 g/mol. The molecule has 2 rings (SSSR count). The van der Waals surface area contributed by atoms with Crippen molar-refractivity contribution in [2.75, 3.05) is 0 Å². The van der Waals surface area contributed by atoms with Crippen LogP contribution in [0.5, 0.6) is 0 Å². The highest BCUT2D eigenvalue weighted by atomic mass is 16.6. The third kappa shape index (κ3) is 1.58. The van der Waals surface area contributed by atoms with Crippen LogP contribution in [0.4, 0.5) is 0 Å². The van der Waals surface area contributed by atoms with Gasteiger partial charge in [0, 0.05) is 23.0 Å². The van der Waals surface area contributed by atoms with Gasteiger partial charge in [0.05, 0.1) is 0 Å². The van der Waals surface area contributed by atoms with Crippen LogP contribution in [0.15, 0.2) is 54.3 Å². The molecular formula is C12H11NO3. The van der Waals surface area contributed by atoms with Gasteiger partial charge < -0.3 is 5.11 Å². The van der Waals surface area contributed by atoms with Crippen molar-refractivity contribution in [3.05, 3.63) is 70.0 Å². The Bertz CT molecular complexity index is 464. The molecule has 1 aromatic rings. The standard InChI is InChI=1S/C12H11NO3/c14-11-6-8-12(9-7-11,13(15)16)10-4-2-1-3-5-10/h1-8,14H,9H2. The van der Waals surface area contributed by atoms with E-state index in [1.54, 1.807) is 24.3 Å². The fourth-order valence-electron chi connectivity index (χ4n) is 1.80. The second-order valence-electron chi connectivity index (χ2n) is 3.71. The van der Waals surface area contributed by atoms with Crippen LogP contribution in [0.1, 0.15) is 12.0 Å². The topological polar surface area (TPSA) is 63.4 Å². The number of aliphatic hydroxyl groups excluding tert-OH is 1. The SMILES string of the molecule is O=[N+]([O-])C1(c2ccccc2)C=CC(O)=CC1. The average molecular weight is 217 g/mol. The molecule has 4 nitrogen and oxygen atoms in total. The van der Waals surface area contributed by atoms with Gasteiger partial charge >= 0.3 is 0 Å². The summed E-state index contributed by atoms with van der Waals surface area (Å²) in [6.45, 7) is 0. The predicted molar refractivity (Wildman–Crippen MR) is 59.6 cm³/mol. The van der Waals surface area contributed by atoms with Crippen LogP contribution >= 0.6 is 0 Å². The van der Waals surface area contributed by atoms with Crippen molar-refractivity contribution >= 4 is 0 Å². The molecule has 0 saturated heterocycles. The molecule has 0 radical (unpaired) electrons. The number of allylic oxidation sites excluding steroid dienone is 1. The molecule has 0 aromatic heterocycles. The van der Waals surface area contributed by atoms with Crippen LogP contribution in [0.3, 0.4) is 0 Å². The molecule has 1 aromatic carbocycles. The van der Waals surface area contributed by atoms with Crippen molar-refractivity contribution in [3.8, 4) is 0 Å². The molecule has 0 aliphatic heterocycles. The maximum atomic E-state index is 11.2. The van der Waals surface area contributed by atoms with Crippen molar-refractivity contribution in [2.24, 2.45) is 0 Å². The number of rotatable bonds is 2. The van der Waals surface area contributed by atoms with Crippen molar-refractivity contribution in [3.63, 3.8) is 0 Å². The minimum Gasteiger partial charge on any atom is -0.508 e. The minimum atomic E-state index is -1.24. The van der Waals surface area contributed by atoms with Gasteiger partial charge in [-0.3, -0.25) is 10.1 Å². The number of nitrogens with zero attached hydrogens (tertiary/aromatic N) is 1. The number of nitro groups is 1. The second kappa shape index (κ2) is 3.81. The number of benzene rings is 1. The van der Waals surface area contributed by atoms with E-state index in [9.17, 15) is 15.2 Å². The number of hydrogen-bond acceptors (Lipinski definition) is 3. The summed E-state index contributed by atoms with van der Waals surface area (Å²) in [6.07, 6.45) is 4.46. The Kier molecular flexibility index (Phi) is 2.48. The highest BCUT2D eigenvalue weighted by molar-refractivity contribution is 5.33. The first kappa shape index (κ1) is 10.4. The molecule has 1 unspecified atom stereocenters. The molecule has 1 N–H and O–H groups in total. The number of aliphatic hydroxyl groups is 1. The molecular weight excluding hydrogens is 206 g/mol. The highest BCUT2D eigenvalue weighted by Crippen LogP contribution is 2.34. The van der Waals surface area contributed by atoms with Gasteiger partial charge in [0.2, 0.25) is 0 Å². The van der Waals surface area contributed by atoms with Gasteiger partial charge in [-0.15, -0.1) is 0 Å². The van der Waals surface area contributed by atoms with Crippen molar-refractivity contribution < 1.29 is 10.0 Å². The van der Waals surface area contributed by atoms with Crippen LogP contribution in [-0.4, -0.2) is 10.0 Å². The first-order valence-corrected chi connectivity index (χ1v) is 4.93. The summed E-state index contributed by atoms with van der Waals surface area (Å²) in [5.41, 5.74) is -0.618. The molecule has 0 bridgehead atoms. The summed E-state index contributed by atoms with van der Waals surface area (Å²) < 4.78 is 0. The Labute approximate surface area is 92.7 Å². The predicted octanol–water partition coefficient (Wildman–Crippen LogP) is 2.56. The maximum absolute atomic E-state index is 11.2. The summed E-state index contributed by atoms with van der Waals surface area (Å²) in [5.74, 6) is 0.0772. The van der Waals surface area contributed by atoms with Gasteiger partial charge in [0.25, 0.3) is 5.54 Å². The van der Waals surface area contributed by atoms with Gasteiger partial charge in [0.1, 0.15) is 5.76 Å². The van der Waals surface area contributed by atoms with Crippen molar-refractivity contribution in [1.29, 1.82) is 0 Å². The quantitative estimate of drug-likeness (QED) is 0.611. The normalized spacial score (nSPS) is 23.9. The van der Waals surface area contributed by atoms with Gasteiger partial charge in [0.15, 0.2) is 0 Å². The smallest absolute Gasteiger partial charge is 0.269 e. The Hall–Kier alpha value is -2.10. The Balaban J connectivity index is 2.47. The first-order valence-electron chi connectivity index (χ1n) is 4.93. The van der Waals surface area contributed by atoms with Crippen molar-refractivity contribution in [2.45, 2.75) is 12.0 Å². The Morgan fingerprint density at radius 3 is 2.50 bits per heavy atom. The highest BCUT2D eigenvalue weighted by Gasteiger charge is 2.42. The fraction of sp³-hybridized carbons (Fsp3) is 0.167. The molecule has 0 saturated carbocycles. The van der Waals surface area contributed by atoms with E-state index in [1.807, 2.05) is 6.07 Å². The van der Waals surface area contributed by atoms with Crippen LogP contribution in [0.25, 0.3) is 0 Å². The van der Waals surface area contributed by atoms with E-state index in [-0.39, 0.29) is 17.1 Å². The molecule has 1 atom stereocenters. The zero-order valence-corrected chi connectivity index (χ0v) is 8.54. The van der Waals surface area contributed by atoms with Crippen molar-refractivity contribution in [1.82, 2.24) is 0 Å². The molecule has 16 heavy (non-hydrogen) atoms. The second-order valence-corrected chi connectivity index (χ2v) is 3.71. The maximum Gasteiger partial charge on any atom is 0.269 e. The van der Waals surface area contributed by atoms with E-state index in [1.165, 1.54) is 18.2 Å². The van der Waals surface area contributed by atoms with Crippen LogP contribution < -0.4 is 0 Å². The molecule has 0 heterocycles. The lowest BCUT2D eigenvalue weighted by atomic mass is 9.84. The zero-order chi connectivity index (χ0) is 11.6. The van der Waals surface area contributed by atoms with Gasteiger partial charge in [-0.05, 0) is 12.2 Å². The molecule has 1 aliphatic rings. The summed E-state index contributed by atoms with van der Waals surface area (Å²) in [5, 5.41) is 20.4. The first-order chi connectivity index (χ1) is 7.65. The van der Waals surface area contributed by atoms with E-state index in [4.69, 9.17) is 0 Å². The third-order valence-electron chi connectivity index (χ3n) is 2.75. The summed E-state index contributed by atoms with van der Waals surface area (Å²) in [4.78, 5) is 10.9.